The van der Waals surface area contributed by atoms with Crippen LogP contribution in [-0.4, -0.2) is 32.1 Å². The molecule has 25 heavy (non-hydrogen) atoms. The van der Waals surface area contributed by atoms with Crippen molar-refractivity contribution in [2.75, 3.05) is 19.5 Å². The Labute approximate surface area is 160 Å². The highest BCUT2D eigenvalue weighted by atomic mass is 79.9. The highest BCUT2D eigenvalue weighted by Crippen LogP contribution is 2.24. The molecule has 130 valence electrons. The summed E-state index contributed by atoms with van der Waals surface area (Å²) in [6.45, 7) is 0. The Morgan fingerprint density at radius 2 is 1.44 bits per heavy atom. The average Bonchev–Trinajstić information content (AvgIpc) is 2.61. The number of hydrogen-bond acceptors (Lipinski definition) is 5. The van der Waals surface area contributed by atoms with Crippen molar-refractivity contribution in [3.05, 3.63) is 62.0 Å². The van der Waals surface area contributed by atoms with Gasteiger partial charge in [0.2, 0.25) is 0 Å². The Bertz CT molecular complexity index is 817. The van der Waals surface area contributed by atoms with E-state index >= 15 is 0 Å². The van der Waals surface area contributed by atoms with Crippen molar-refractivity contribution >= 4 is 55.4 Å². The normalized spacial score (nSPS) is 10.1. The van der Waals surface area contributed by atoms with Crippen LogP contribution in [0.25, 0.3) is 0 Å². The van der Waals surface area contributed by atoms with Crippen LogP contribution in [0.15, 0.2) is 45.3 Å². The zero-order valence-electron chi connectivity index (χ0n) is 13.3. The van der Waals surface area contributed by atoms with Gasteiger partial charge in [0.05, 0.1) is 30.9 Å². The van der Waals surface area contributed by atoms with Crippen molar-refractivity contribution in [2.45, 2.75) is 0 Å². The fraction of sp³-hybridized carbons (Fsp3) is 0.118. The third-order valence-electron chi connectivity index (χ3n) is 3.21. The lowest BCUT2D eigenvalue weighted by Gasteiger charge is -2.10. The number of ether oxygens (including phenoxy) is 2. The molecule has 0 aliphatic carbocycles. The number of anilines is 1. The molecule has 0 unspecified atom stereocenters. The molecule has 6 nitrogen and oxygen atoms in total. The summed E-state index contributed by atoms with van der Waals surface area (Å²) in [6, 6.07) is 9.33. The van der Waals surface area contributed by atoms with Gasteiger partial charge in [-0.3, -0.25) is 4.79 Å². The molecule has 0 aromatic heterocycles. The fourth-order valence-corrected chi connectivity index (χ4v) is 2.83. The zero-order valence-corrected chi connectivity index (χ0v) is 16.4. The van der Waals surface area contributed by atoms with Crippen LogP contribution in [0.2, 0.25) is 0 Å². The Morgan fingerprint density at radius 1 is 0.880 bits per heavy atom. The number of rotatable bonds is 4. The molecule has 0 atom stereocenters. The van der Waals surface area contributed by atoms with Crippen LogP contribution in [0.5, 0.6) is 0 Å². The minimum Gasteiger partial charge on any atom is -0.465 e. The lowest BCUT2D eigenvalue weighted by atomic mass is 10.1. The van der Waals surface area contributed by atoms with E-state index in [-0.39, 0.29) is 16.8 Å². The van der Waals surface area contributed by atoms with Crippen LogP contribution in [-0.2, 0) is 9.47 Å². The van der Waals surface area contributed by atoms with Crippen molar-refractivity contribution in [2.24, 2.45) is 0 Å². The molecule has 2 aromatic rings. The summed E-state index contributed by atoms with van der Waals surface area (Å²) in [5.41, 5.74) is 0.889. The number of methoxy groups -OCH3 is 2. The van der Waals surface area contributed by atoms with Crippen LogP contribution < -0.4 is 5.32 Å². The van der Waals surface area contributed by atoms with E-state index in [0.717, 1.165) is 4.47 Å². The van der Waals surface area contributed by atoms with Crippen LogP contribution in [0, 0.1) is 0 Å². The highest BCUT2D eigenvalue weighted by molar-refractivity contribution is 9.11. The van der Waals surface area contributed by atoms with Gasteiger partial charge in [0.15, 0.2) is 0 Å². The van der Waals surface area contributed by atoms with Crippen LogP contribution >= 0.6 is 31.9 Å². The van der Waals surface area contributed by atoms with Gasteiger partial charge in [-0.05, 0) is 52.3 Å². The van der Waals surface area contributed by atoms with Gasteiger partial charge in [0.1, 0.15) is 0 Å². The molecule has 0 fully saturated rings. The van der Waals surface area contributed by atoms with E-state index < -0.39 is 17.8 Å². The molecule has 8 heteroatoms. The largest absolute Gasteiger partial charge is 0.465 e. The first-order valence-electron chi connectivity index (χ1n) is 6.94. The van der Waals surface area contributed by atoms with Gasteiger partial charge in [0, 0.05) is 14.6 Å². The third kappa shape index (κ3) is 4.67. The molecule has 0 saturated heterocycles. The second-order valence-corrected chi connectivity index (χ2v) is 6.63. The van der Waals surface area contributed by atoms with Crippen LogP contribution in [0.3, 0.4) is 0 Å². The first-order valence-corrected chi connectivity index (χ1v) is 8.52. The summed E-state index contributed by atoms with van der Waals surface area (Å²) >= 11 is 6.62. The van der Waals surface area contributed by atoms with Crippen molar-refractivity contribution in [3.8, 4) is 0 Å². The van der Waals surface area contributed by atoms with E-state index in [1.807, 2.05) is 0 Å². The summed E-state index contributed by atoms with van der Waals surface area (Å²) < 4.78 is 10.7. The summed E-state index contributed by atoms with van der Waals surface area (Å²) in [5, 5.41) is 2.66. The first-order chi connectivity index (χ1) is 11.8. The smallest absolute Gasteiger partial charge is 0.337 e. The molecular weight excluding hydrogens is 458 g/mol. The van der Waals surface area contributed by atoms with Crippen LogP contribution in [0.4, 0.5) is 5.69 Å². The summed E-state index contributed by atoms with van der Waals surface area (Å²) in [5.74, 6) is -1.68. The number of amides is 1. The third-order valence-corrected chi connectivity index (χ3v) is 4.39. The van der Waals surface area contributed by atoms with Crippen LogP contribution in [0.1, 0.15) is 31.1 Å². The van der Waals surface area contributed by atoms with Gasteiger partial charge < -0.3 is 14.8 Å². The number of esters is 2. The maximum absolute atomic E-state index is 12.5. The lowest BCUT2D eigenvalue weighted by Crippen LogP contribution is -2.15. The quantitative estimate of drug-likeness (QED) is 0.682. The zero-order chi connectivity index (χ0) is 18.6. The molecule has 0 aliphatic rings. The minimum absolute atomic E-state index is 0.119. The van der Waals surface area contributed by atoms with Gasteiger partial charge in [-0.2, -0.15) is 0 Å². The van der Waals surface area contributed by atoms with E-state index in [4.69, 9.17) is 0 Å². The number of carbonyl (C=O) groups is 3. The molecule has 2 rings (SSSR count). The Balaban J connectivity index is 2.40. The summed E-state index contributed by atoms with van der Waals surface area (Å²) in [4.78, 5) is 36.1. The van der Waals surface area contributed by atoms with E-state index in [1.165, 1.54) is 32.4 Å². The van der Waals surface area contributed by atoms with Crippen molar-refractivity contribution in [1.29, 1.82) is 0 Å². The van der Waals surface area contributed by atoms with E-state index in [1.54, 1.807) is 18.2 Å². The van der Waals surface area contributed by atoms with E-state index in [9.17, 15) is 14.4 Å². The average molecular weight is 471 g/mol. The minimum atomic E-state index is -0.634. The lowest BCUT2D eigenvalue weighted by molar-refractivity contribution is 0.0599. The predicted molar refractivity (Wildman–Crippen MR) is 98.9 cm³/mol. The van der Waals surface area contributed by atoms with Gasteiger partial charge in [0.25, 0.3) is 5.91 Å². The first kappa shape index (κ1) is 19.1. The van der Waals surface area contributed by atoms with Gasteiger partial charge in [-0.1, -0.05) is 15.9 Å². The molecule has 0 heterocycles. The fourth-order valence-electron chi connectivity index (χ4n) is 2.04. The SMILES string of the molecule is COC(=O)c1cc(NC(=O)c2cc(Br)ccc2Br)cc(C(=O)OC)c1. The molecule has 0 saturated carbocycles. The molecule has 0 aliphatic heterocycles. The topological polar surface area (TPSA) is 81.7 Å². The van der Waals surface area contributed by atoms with Crippen molar-refractivity contribution in [1.82, 2.24) is 0 Å². The molecule has 1 N–H and O–H groups in total. The number of hydrogen-bond donors (Lipinski definition) is 1. The summed E-state index contributed by atoms with van der Waals surface area (Å²) in [7, 11) is 2.45. The molecule has 0 spiro atoms. The monoisotopic (exact) mass is 469 g/mol. The predicted octanol–water partition coefficient (Wildman–Crippen LogP) is 4.04. The van der Waals surface area contributed by atoms with E-state index in [0.29, 0.717) is 10.0 Å². The number of benzene rings is 2. The number of halogens is 2. The molecule has 1 amide bonds. The molecule has 2 aromatic carbocycles. The summed E-state index contributed by atoms with van der Waals surface area (Å²) in [6.07, 6.45) is 0. The maximum Gasteiger partial charge on any atom is 0.337 e. The van der Waals surface area contributed by atoms with E-state index in [2.05, 4.69) is 46.7 Å². The Kier molecular flexibility index (Phi) is 6.33. The Hall–Kier alpha value is -2.19. The highest BCUT2D eigenvalue weighted by Gasteiger charge is 2.16. The Morgan fingerprint density at radius 3 is 1.96 bits per heavy atom. The van der Waals surface area contributed by atoms with Gasteiger partial charge in [-0.15, -0.1) is 0 Å². The second kappa shape index (κ2) is 8.26. The van der Waals surface area contributed by atoms with Crippen molar-refractivity contribution < 1.29 is 23.9 Å². The molecule has 0 bridgehead atoms. The number of nitrogens with one attached hydrogen (secondary N) is 1. The number of carbonyl (C=O) groups excluding carboxylic acids is 3. The van der Waals surface area contributed by atoms with Crippen molar-refractivity contribution in [3.63, 3.8) is 0 Å². The van der Waals surface area contributed by atoms with Gasteiger partial charge >= 0.3 is 11.9 Å². The molecular formula is C17H13Br2NO5. The molecule has 0 radical (unpaired) electrons. The second-order valence-electron chi connectivity index (χ2n) is 4.86. The van der Waals surface area contributed by atoms with Gasteiger partial charge in [-0.25, -0.2) is 9.59 Å². The standard InChI is InChI=1S/C17H13Br2NO5/c1-24-16(22)9-5-10(17(23)25-2)7-12(6-9)20-15(21)13-8-11(18)3-4-14(13)19/h3-8H,1-2H3,(H,20,21). The maximum atomic E-state index is 12.5.